The van der Waals surface area contributed by atoms with E-state index in [0.29, 0.717) is 17.8 Å². The molecule has 1 saturated carbocycles. The first-order valence-electron chi connectivity index (χ1n) is 7.98. The van der Waals surface area contributed by atoms with Crippen LogP contribution in [-0.4, -0.2) is 28.5 Å². The van der Waals surface area contributed by atoms with Gasteiger partial charge in [0.1, 0.15) is 5.60 Å². The number of rotatable bonds is 2. The number of allylic oxidation sites excluding steroid dienone is 2. The molecule has 2 fully saturated rings. The maximum atomic E-state index is 13.1. The van der Waals surface area contributed by atoms with Crippen LogP contribution in [0.5, 0.6) is 0 Å². The summed E-state index contributed by atoms with van der Waals surface area (Å²) in [6.45, 7) is 10.0. The van der Waals surface area contributed by atoms with Crippen LogP contribution < -0.4 is 0 Å². The third-order valence-electron chi connectivity index (χ3n) is 5.54. The van der Waals surface area contributed by atoms with Gasteiger partial charge in [-0.25, -0.2) is 9.69 Å². The van der Waals surface area contributed by atoms with Crippen molar-refractivity contribution in [3.8, 4) is 0 Å². The number of ether oxygens (including phenoxy) is 1. The van der Waals surface area contributed by atoms with Gasteiger partial charge in [-0.2, -0.15) is 0 Å². The Morgan fingerprint density at radius 2 is 1.95 bits per heavy atom. The van der Waals surface area contributed by atoms with Crippen LogP contribution in [0.4, 0.5) is 4.79 Å². The van der Waals surface area contributed by atoms with Gasteiger partial charge in [-0.15, -0.1) is 0 Å². The molecule has 2 aliphatic carbocycles. The Morgan fingerprint density at radius 1 is 1.33 bits per heavy atom. The molecule has 0 aromatic heterocycles. The average Bonchev–Trinajstić information content (AvgIpc) is 2.99. The maximum Gasteiger partial charge on any atom is 0.417 e. The summed E-state index contributed by atoms with van der Waals surface area (Å²) in [7, 11) is 0. The van der Waals surface area contributed by atoms with E-state index in [0.717, 1.165) is 6.42 Å². The second-order valence-electron chi connectivity index (χ2n) is 7.70. The van der Waals surface area contributed by atoms with Gasteiger partial charge in [0.05, 0.1) is 6.04 Å². The number of carbonyl (C=O) groups is 2. The Kier molecular flexibility index (Phi) is 3.19. The zero-order valence-corrected chi connectivity index (χ0v) is 13.5. The highest BCUT2D eigenvalue weighted by Gasteiger charge is 2.56. The highest BCUT2D eigenvalue weighted by molar-refractivity contribution is 5.96. The largest absolute Gasteiger partial charge is 0.441 e. The third kappa shape index (κ3) is 2.02. The zero-order valence-electron chi connectivity index (χ0n) is 13.5. The average molecular weight is 291 g/mol. The van der Waals surface area contributed by atoms with Crippen molar-refractivity contribution in [1.29, 1.82) is 0 Å². The summed E-state index contributed by atoms with van der Waals surface area (Å²) in [5.41, 5.74) is -0.613. The van der Waals surface area contributed by atoms with Crippen LogP contribution in [0.15, 0.2) is 12.2 Å². The van der Waals surface area contributed by atoms with Gasteiger partial charge in [-0.1, -0.05) is 32.9 Å². The van der Waals surface area contributed by atoms with Crippen LogP contribution in [0.2, 0.25) is 0 Å². The normalized spacial score (nSPS) is 40.2. The Balaban J connectivity index is 1.90. The molecule has 1 aliphatic heterocycles. The molecule has 2 bridgehead atoms. The summed E-state index contributed by atoms with van der Waals surface area (Å²) in [6.07, 6.45) is 4.97. The summed E-state index contributed by atoms with van der Waals surface area (Å²) in [4.78, 5) is 26.7. The van der Waals surface area contributed by atoms with E-state index in [1.807, 2.05) is 27.7 Å². The lowest BCUT2D eigenvalue weighted by molar-refractivity contribution is -0.136. The minimum absolute atomic E-state index is 0.0337. The second kappa shape index (κ2) is 4.59. The van der Waals surface area contributed by atoms with Crippen LogP contribution in [0.3, 0.4) is 0 Å². The lowest BCUT2D eigenvalue weighted by Crippen LogP contribution is -2.51. The minimum Gasteiger partial charge on any atom is -0.441 e. The van der Waals surface area contributed by atoms with E-state index in [9.17, 15) is 9.59 Å². The highest BCUT2D eigenvalue weighted by Crippen LogP contribution is 2.49. The molecule has 4 heteroatoms. The fourth-order valence-electron chi connectivity index (χ4n) is 4.72. The number of cyclic esters (lactones) is 1. The van der Waals surface area contributed by atoms with E-state index in [1.165, 1.54) is 4.90 Å². The van der Waals surface area contributed by atoms with Gasteiger partial charge >= 0.3 is 6.09 Å². The van der Waals surface area contributed by atoms with Crippen molar-refractivity contribution in [2.24, 2.45) is 29.6 Å². The number of imide groups is 1. The van der Waals surface area contributed by atoms with Crippen molar-refractivity contribution in [2.45, 2.75) is 52.7 Å². The summed E-state index contributed by atoms with van der Waals surface area (Å²) in [5, 5.41) is 0. The molecule has 2 amide bonds. The Morgan fingerprint density at radius 3 is 2.48 bits per heavy atom. The van der Waals surface area contributed by atoms with Gasteiger partial charge in [0.15, 0.2) is 0 Å². The number of carbonyl (C=O) groups excluding carboxylic acids is 2. The van der Waals surface area contributed by atoms with Gasteiger partial charge in [0, 0.05) is 5.92 Å². The van der Waals surface area contributed by atoms with E-state index in [4.69, 9.17) is 4.74 Å². The van der Waals surface area contributed by atoms with Crippen molar-refractivity contribution >= 4 is 12.0 Å². The van der Waals surface area contributed by atoms with Gasteiger partial charge in [-0.05, 0) is 43.9 Å². The van der Waals surface area contributed by atoms with E-state index >= 15 is 0 Å². The molecule has 1 heterocycles. The third-order valence-corrected chi connectivity index (χ3v) is 5.54. The number of nitrogens with zero attached hydrogens (tertiary/aromatic N) is 1. The van der Waals surface area contributed by atoms with Gasteiger partial charge in [0.2, 0.25) is 5.91 Å². The molecule has 116 valence electrons. The number of hydrogen-bond donors (Lipinski definition) is 0. The van der Waals surface area contributed by atoms with E-state index in [-0.39, 0.29) is 23.8 Å². The van der Waals surface area contributed by atoms with Crippen molar-refractivity contribution < 1.29 is 14.3 Å². The molecule has 0 unspecified atom stereocenters. The molecule has 3 aliphatic rings. The highest BCUT2D eigenvalue weighted by atomic mass is 16.6. The van der Waals surface area contributed by atoms with Crippen LogP contribution in [0, 0.1) is 29.6 Å². The lowest BCUT2D eigenvalue weighted by atomic mass is 9.82. The Bertz CT molecular complexity index is 508. The molecule has 21 heavy (non-hydrogen) atoms. The topological polar surface area (TPSA) is 46.6 Å². The molecule has 3 rings (SSSR count). The second-order valence-corrected chi connectivity index (χ2v) is 7.70. The predicted octanol–water partition coefficient (Wildman–Crippen LogP) is 3.23. The van der Waals surface area contributed by atoms with Crippen molar-refractivity contribution in [3.05, 3.63) is 12.2 Å². The van der Waals surface area contributed by atoms with Gasteiger partial charge < -0.3 is 4.74 Å². The minimum atomic E-state index is -0.613. The number of hydrogen-bond acceptors (Lipinski definition) is 3. The SMILES string of the molecule is CC(C)[C@@H]1N(C(=O)[C@@H]2[C@@H](C)[C@@H]3C=C[C@H]2C3)C(=O)OC1(C)C. The fourth-order valence-corrected chi connectivity index (χ4v) is 4.72. The van der Waals surface area contributed by atoms with Crippen LogP contribution in [0.25, 0.3) is 0 Å². The molecule has 4 nitrogen and oxygen atoms in total. The Labute approximate surface area is 126 Å². The molecular weight excluding hydrogens is 266 g/mol. The van der Waals surface area contributed by atoms with Crippen molar-refractivity contribution in [2.75, 3.05) is 0 Å². The molecular formula is C17H25NO3. The first-order valence-corrected chi connectivity index (χ1v) is 7.98. The zero-order chi connectivity index (χ0) is 15.5. The summed E-state index contributed by atoms with van der Waals surface area (Å²) in [5.74, 6) is 1.18. The van der Waals surface area contributed by atoms with Crippen molar-refractivity contribution in [1.82, 2.24) is 4.90 Å². The fraction of sp³-hybridized carbons (Fsp3) is 0.765. The first kappa shape index (κ1) is 14.6. The van der Waals surface area contributed by atoms with E-state index in [1.54, 1.807) is 0 Å². The maximum absolute atomic E-state index is 13.1. The molecule has 0 radical (unpaired) electrons. The molecule has 5 atom stereocenters. The van der Waals surface area contributed by atoms with E-state index < -0.39 is 11.7 Å². The smallest absolute Gasteiger partial charge is 0.417 e. The molecule has 0 aromatic carbocycles. The van der Waals surface area contributed by atoms with Gasteiger partial charge in [0.25, 0.3) is 0 Å². The molecule has 0 N–H and O–H groups in total. The van der Waals surface area contributed by atoms with Crippen LogP contribution in [0.1, 0.15) is 41.0 Å². The molecule has 0 aromatic rings. The summed E-state index contributed by atoms with van der Waals surface area (Å²) >= 11 is 0. The number of amides is 2. The predicted molar refractivity (Wildman–Crippen MR) is 79.4 cm³/mol. The lowest BCUT2D eigenvalue weighted by Gasteiger charge is -2.34. The summed E-state index contributed by atoms with van der Waals surface area (Å²) < 4.78 is 5.48. The standard InChI is InChI=1S/C17H25NO3/c1-9(2)14-17(4,5)21-16(20)18(14)15(19)13-10(3)11-6-7-12(13)8-11/h6-7,9-14H,8H2,1-5H3/t10-,11+,12-,13+,14-/m0/s1. The van der Waals surface area contributed by atoms with Gasteiger partial charge in [-0.3, -0.25) is 4.79 Å². The van der Waals surface area contributed by atoms with Crippen molar-refractivity contribution in [3.63, 3.8) is 0 Å². The number of fused-ring (bicyclic) bond motifs is 2. The quantitative estimate of drug-likeness (QED) is 0.734. The summed E-state index contributed by atoms with van der Waals surface area (Å²) in [6, 6.07) is -0.187. The first-order chi connectivity index (χ1) is 9.74. The molecule has 0 spiro atoms. The van der Waals surface area contributed by atoms with E-state index in [2.05, 4.69) is 19.1 Å². The van der Waals surface area contributed by atoms with Crippen LogP contribution in [-0.2, 0) is 9.53 Å². The molecule has 1 saturated heterocycles. The van der Waals surface area contributed by atoms with Crippen LogP contribution >= 0.6 is 0 Å². The monoisotopic (exact) mass is 291 g/mol. The Hall–Kier alpha value is -1.32.